The van der Waals surface area contributed by atoms with Gasteiger partial charge in [0.15, 0.2) is 5.76 Å². The van der Waals surface area contributed by atoms with Crippen molar-refractivity contribution >= 4 is 5.97 Å². The van der Waals surface area contributed by atoms with E-state index in [1.165, 1.54) is 4.68 Å². The molecule has 0 aliphatic carbocycles. The molecule has 2 rings (SSSR count). The first-order chi connectivity index (χ1) is 9.52. The third-order valence-electron chi connectivity index (χ3n) is 3.19. The first-order valence-corrected chi connectivity index (χ1v) is 6.61. The Morgan fingerprint density at radius 3 is 2.75 bits per heavy atom. The minimum atomic E-state index is -0.876. The third-order valence-corrected chi connectivity index (χ3v) is 3.19. The average Bonchev–Trinajstić information content (AvgIpc) is 3.03. The summed E-state index contributed by atoms with van der Waals surface area (Å²) in [6.07, 6.45) is 0.751. The molecule has 7 nitrogen and oxygen atoms in total. The van der Waals surface area contributed by atoms with Crippen molar-refractivity contribution in [3.8, 4) is 11.6 Å². The van der Waals surface area contributed by atoms with E-state index in [4.69, 9.17) is 9.52 Å². The number of carbonyl (C=O) groups is 1. The fourth-order valence-electron chi connectivity index (χ4n) is 2.05. The Balaban J connectivity index is 2.37. The predicted molar refractivity (Wildman–Crippen MR) is 71.0 cm³/mol. The minimum absolute atomic E-state index is 0.0307. The van der Waals surface area contributed by atoms with Crippen molar-refractivity contribution in [2.45, 2.75) is 39.7 Å². The van der Waals surface area contributed by atoms with E-state index in [2.05, 4.69) is 15.5 Å². The largest absolute Gasteiger partial charge is 0.481 e. The van der Waals surface area contributed by atoms with Gasteiger partial charge in [0.1, 0.15) is 5.76 Å². The molecule has 0 radical (unpaired) electrons. The fourth-order valence-corrected chi connectivity index (χ4v) is 2.05. The van der Waals surface area contributed by atoms with E-state index in [0.29, 0.717) is 11.6 Å². The Morgan fingerprint density at radius 1 is 1.45 bits per heavy atom. The van der Waals surface area contributed by atoms with Crippen molar-refractivity contribution in [3.05, 3.63) is 17.9 Å². The number of carboxylic acid groups (broad SMARTS) is 1. The van der Waals surface area contributed by atoms with E-state index in [-0.39, 0.29) is 18.4 Å². The van der Waals surface area contributed by atoms with Crippen molar-refractivity contribution in [1.29, 1.82) is 0 Å². The Hall–Kier alpha value is -2.18. The van der Waals surface area contributed by atoms with E-state index in [9.17, 15) is 4.79 Å². The van der Waals surface area contributed by atoms with E-state index >= 15 is 0 Å². The molecule has 0 amide bonds. The first-order valence-electron chi connectivity index (χ1n) is 6.61. The van der Waals surface area contributed by atoms with Gasteiger partial charge in [0.05, 0.1) is 12.5 Å². The Labute approximate surface area is 116 Å². The maximum absolute atomic E-state index is 11.0. The SMILES string of the molecule is CCc1ccc(-c2nnnn2C(CC(=O)O)C(C)C)o1. The van der Waals surface area contributed by atoms with Gasteiger partial charge in [0, 0.05) is 6.42 Å². The number of carboxylic acids is 1. The highest BCUT2D eigenvalue weighted by molar-refractivity contribution is 5.67. The van der Waals surface area contributed by atoms with Gasteiger partial charge in [-0.25, -0.2) is 4.68 Å². The van der Waals surface area contributed by atoms with Crippen molar-refractivity contribution < 1.29 is 14.3 Å². The van der Waals surface area contributed by atoms with E-state index in [0.717, 1.165) is 12.2 Å². The van der Waals surface area contributed by atoms with Gasteiger partial charge < -0.3 is 9.52 Å². The number of tetrazole rings is 1. The van der Waals surface area contributed by atoms with Crippen LogP contribution in [0, 0.1) is 5.92 Å². The number of rotatable bonds is 6. The molecule has 1 unspecified atom stereocenters. The topological polar surface area (TPSA) is 94.0 Å². The van der Waals surface area contributed by atoms with Gasteiger partial charge in [-0.05, 0) is 28.5 Å². The maximum Gasteiger partial charge on any atom is 0.305 e. The molecule has 0 fully saturated rings. The second kappa shape index (κ2) is 5.85. The summed E-state index contributed by atoms with van der Waals surface area (Å²) in [6.45, 7) is 5.88. The summed E-state index contributed by atoms with van der Waals surface area (Å²) in [5.41, 5.74) is 0. The van der Waals surface area contributed by atoms with E-state index in [1.807, 2.05) is 26.8 Å². The van der Waals surface area contributed by atoms with Gasteiger partial charge in [-0.1, -0.05) is 20.8 Å². The molecule has 0 spiro atoms. The molecular formula is C13H18N4O3. The van der Waals surface area contributed by atoms with Crippen LogP contribution in [-0.2, 0) is 11.2 Å². The number of aromatic nitrogens is 4. The lowest BCUT2D eigenvalue weighted by molar-refractivity contribution is -0.138. The maximum atomic E-state index is 11.0. The molecule has 1 N–H and O–H groups in total. The van der Waals surface area contributed by atoms with Crippen molar-refractivity contribution in [3.63, 3.8) is 0 Å². The van der Waals surface area contributed by atoms with Crippen molar-refractivity contribution in [2.75, 3.05) is 0 Å². The van der Waals surface area contributed by atoms with Crippen LogP contribution in [0.4, 0.5) is 0 Å². The molecule has 0 bridgehead atoms. The molecule has 20 heavy (non-hydrogen) atoms. The zero-order valence-corrected chi connectivity index (χ0v) is 11.8. The number of hydrogen-bond donors (Lipinski definition) is 1. The molecule has 7 heteroatoms. The van der Waals surface area contributed by atoms with Gasteiger partial charge in [-0.2, -0.15) is 0 Å². The second-order valence-electron chi connectivity index (χ2n) is 4.98. The van der Waals surface area contributed by atoms with Crippen molar-refractivity contribution in [1.82, 2.24) is 20.2 Å². The molecule has 0 aromatic carbocycles. The zero-order valence-electron chi connectivity index (χ0n) is 11.8. The Kier molecular flexibility index (Phi) is 4.16. The van der Waals surface area contributed by atoms with E-state index < -0.39 is 5.97 Å². The zero-order chi connectivity index (χ0) is 14.7. The van der Waals surface area contributed by atoms with E-state index in [1.54, 1.807) is 6.07 Å². The molecule has 0 aliphatic heterocycles. The minimum Gasteiger partial charge on any atom is -0.481 e. The highest BCUT2D eigenvalue weighted by Crippen LogP contribution is 2.27. The monoisotopic (exact) mass is 278 g/mol. The van der Waals surface area contributed by atoms with Crippen LogP contribution in [0.3, 0.4) is 0 Å². The second-order valence-corrected chi connectivity index (χ2v) is 4.98. The fraction of sp³-hybridized carbons (Fsp3) is 0.538. The number of hydrogen-bond acceptors (Lipinski definition) is 5. The Morgan fingerprint density at radius 2 is 2.20 bits per heavy atom. The number of aryl methyl sites for hydroxylation is 1. The smallest absolute Gasteiger partial charge is 0.305 e. The van der Waals surface area contributed by atoms with Crippen LogP contribution in [0.15, 0.2) is 16.5 Å². The normalized spacial score (nSPS) is 12.8. The highest BCUT2D eigenvalue weighted by Gasteiger charge is 2.25. The van der Waals surface area contributed by atoms with Gasteiger partial charge >= 0.3 is 5.97 Å². The molecule has 0 saturated heterocycles. The lowest BCUT2D eigenvalue weighted by Gasteiger charge is -2.19. The lowest BCUT2D eigenvalue weighted by Crippen LogP contribution is -2.21. The number of aliphatic carboxylic acids is 1. The number of nitrogens with zero attached hydrogens (tertiary/aromatic N) is 4. The van der Waals surface area contributed by atoms with Crippen LogP contribution in [-0.4, -0.2) is 31.3 Å². The molecule has 0 saturated carbocycles. The number of furan rings is 1. The first kappa shape index (κ1) is 14.2. The van der Waals surface area contributed by atoms with Crippen LogP contribution >= 0.6 is 0 Å². The molecular weight excluding hydrogens is 260 g/mol. The van der Waals surface area contributed by atoms with Gasteiger partial charge in [0.25, 0.3) is 0 Å². The standard InChI is InChI=1S/C13H18N4O3/c1-4-9-5-6-11(20-9)13-14-15-16-17(13)10(8(2)3)7-12(18)19/h5-6,8,10H,4,7H2,1-3H3,(H,18,19). The molecule has 108 valence electrons. The summed E-state index contributed by atoms with van der Waals surface area (Å²) < 4.78 is 7.18. The molecule has 1 atom stereocenters. The third kappa shape index (κ3) is 2.87. The van der Waals surface area contributed by atoms with Crippen LogP contribution in [0.2, 0.25) is 0 Å². The lowest BCUT2D eigenvalue weighted by atomic mass is 10.0. The summed E-state index contributed by atoms with van der Waals surface area (Å²) in [5.74, 6) is 1.08. The summed E-state index contributed by atoms with van der Waals surface area (Å²) in [6, 6.07) is 3.36. The van der Waals surface area contributed by atoms with Crippen LogP contribution in [0.1, 0.15) is 39.0 Å². The van der Waals surface area contributed by atoms with Crippen LogP contribution in [0.25, 0.3) is 11.6 Å². The van der Waals surface area contributed by atoms with Crippen LogP contribution in [0.5, 0.6) is 0 Å². The summed E-state index contributed by atoms with van der Waals surface area (Å²) in [7, 11) is 0. The van der Waals surface area contributed by atoms with Gasteiger partial charge in [-0.15, -0.1) is 5.10 Å². The summed E-state index contributed by atoms with van der Waals surface area (Å²) in [4.78, 5) is 11.0. The molecule has 0 aliphatic rings. The highest BCUT2D eigenvalue weighted by atomic mass is 16.4. The summed E-state index contributed by atoms with van der Waals surface area (Å²) in [5, 5.41) is 20.6. The molecule has 2 heterocycles. The molecule has 2 aromatic heterocycles. The molecule has 2 aromatic rings. The quantitative estimate of drug-likeness (QED) is 0.870. The Bertz CT molecular complexity index is 588. The van der Waals surface area contributed by atoms with Gasteiger partial charge in [0.2, 0.25) is 5.82 Å². The van der Waals surface area contributed by atoms with Crippen LogP contribution < -0.4 is 0 Å². The van der Waals surface area contributed by atoms with Crippen molar-refractivity contribution in [2.24, 2.45) is 5.92 Å². The predicted octanol–water partition coefficient (Wildman–Crippen LogP) is 2.17. The summed E-state index contributed by atoms with van der Waals surface area (Å²) >= 11 is 0. The van der Waals surface area contributed by atoms with Gasteiger partial charge in [-0.3, -0.25) is 4.79 Å². The average molecular weight is 278 g/mol.